The van der Waals surface area contributed by atoms with Crippen molar-refractivity contribution in [2.24, 2.45) is 4.99 Å². The Kier molecular flexibility index (Phi) is 8.43. The minimum absolute atomic E-state index is 0.777. The van der Waals surface area contributed by atoms with Gasteiger partial charge in [-0.25, -0.2) is 0 Å². The maximum atomic E-state index is 4.76. The van der Waals surface area contributed by atoms with E-state index in [1.54, 1.807) is 0 Å². The van der Waals surface area contributed by atoms with Crippen LogP contribution in [0.1, 0.15) is 56.9 Å². The molecule has 0 fully saturated rings. The molecular weight excluding hydrogens is 438 g/mol. The maximum Gasteiger partial charge on any atom is 0.0652 e. The molecule has 3 nitrogen and oxygen atoms in total. The van der Waals surface area contributed by atoms with E-state index in [-0.39, 0.29) is 0 Å². The summed E-state index contributed by atoms with van der Waals surface area (Å²) in [5.74, 6) is 0. The zero-order chi connectivity index (χ0) is 25.5. The molecule has 0 spiro atoms. The van der Waals surface area contributed by atoms with Gasteiger partial charge in [0, 0.05) is 49.7 Å². The van der Waals surface area contributed by atoms with E-state index in [4.69, 9.17) is 4.99 Å². The molecule has 0 aromatic heterocycles. The summed E-state index contributed by atoms with van der Waals surface area (Å²) in [5.41, 5.74) is 11.0. The summed E-state index contributed by atoms with van der Waals surface area (Å²) >= 11 is 0. The summed E-state index contributed by atoms with van der Waals surface area (Å²) < 4.78 is 0. The first-order chi connectivity index (χ1) is 17.6. The van der Waals surface area contributed by atoms with Crippen LogP contribution in [-0.4, -0.2) is 38.4 Å². The average molecular weight is 478 g/mol. The average Bonchev–Trinajstić information content (AvgIpc) is 2.93. The molecule has 36 heavy (non-hydrogen) atoms. The van der Waals surface area contributed by atoms with Crippen molar-refractivity contribution in [3.8, 4) is 0 Å². The van der Waals surface area contributed by atoms with Crippen molar-refractivity contribution in [1.82, 2.24) is 0 Å². The van der Waals surface area contributed by atoms with Crippen LogP contribution in [0.4, 0.5) is 11.4 Å². The van der Waals surface area contributed by atoms with Gasteiger partial charge in [0.15, 0.2) is 0 Å². The molecule has 0 radical (unpaired) electrons. The van der Waals surface area contributed by atoms with E-state index in [2.05, 4.69) is 129 Å². The Bertz CT molecular complexity index is 1180. The molecule has 3 heteroatoms. The fourth-order valence-electron chi connectivity index (χ4n) is 5.14. The Labute approximate surface area is 217 Å². The predicted molar refractivity (Wildman–Crippen MR) is 159 cm³/mol. The number of hydrogen-bond acceptors (Lipinski definition) is 3. The standard InChI is InChI=1S/C33H39N3/c1-6-34-32-24-23-31(29-13-11-12-14-30(29)32)33(25-15-19-27(20-16-25)35(7-2)8-3)26-17-21-28(22-18-26)36(9-4)10-5/h11-24H,6-10H2,1-5H3/b34-32-. The van der Waals surface area contributed by atoms with Crippen molar-refractivity contribution >= 4 is 28.2 Å². The molecule has 0 saturated carbocycles. The van der Waals surface area contributed by atoms with E-state index in [0.717, 1.165) is 38.4 Å². The van der Waals surface area contributed by atoms with Gasteiger partial charge >= 0.3 is 0 Å². The highest BCUT2D eigenvalue weighted by atomic mass is 15.1. The molecule has 0 atom stereocenters. The zero-order valence-electron chi connectivity index (χ0n) is 22.5. The Morgan fingerprint density at radius 1 is 0.583 bits per heavy atom. The molecular formula is C33H39N3. The van der Waals surface area contributed by atoms with E-state index in [0.29, 0.717) is 0 Å². The molecule has 0 aliphatic heterocycles. The van der Waals surface area contributed by atoms with Crippen LogP contribution in [0, 0.1) is 0 Å². The second-order valence-electron chi connectivity index (χ2n) is 8.97. The van der Waals surface area contributed by atoms with Crippen LogP contribution in [0.25, 0.3) is 11.1 Å². The first-order valence-corrected chi connectivity index (χ1v) is 13.4. The molecule has 3 aromatic rings. The monoisotopic (exact) mass is 477 g/mol. The van der Waals surface area contributed by atoms with Gasteiger partial charge in [-0.1, -0.05) is 54.6 Å². The summed E-state index contributed by atoms with van der Waals surface area (Å²) in [6.07, 6.45) is 4.43. The summed E-state index contributed by atoms with van der Waals surface area (Å²) in [4.78, 5) is 9.54. The van der Waals surface area contributed by atoms with Crippen LogP contribution < -0.4 is 9.80 Å². The second kappa shape index (κ2) is 11.9. The van der Waals surface area contributed by atoms with Gasteiger partial charge < -0.3 is 9.80 Å². The molecule has 0 saturated heterocycles. The van der Waals surface area contributed by atoms with E-state index >= 15 is 0 Å². The summed E-state index contributed by atoms with van der Waals surface area (Å²) in [7, 11) is 0. The summed E-state index contributed by atoms with van der Waals surface area (Å²) in [5, 5.41) is 0. The van der Waals surface area contributed by atoms with Crippen molar-refractivity contribution in [3.05, 3.63) is 107 Å². The molecule has 0 amide bonds. The van der Waals surface area contributed by atoms with E-state index in [9.17, 15) is 0 Å². The molecule has 186 valence electrons. The zero-order valence-corrected chi connectivity index (χ0v) is 22.5. The highest BCUT2D eigenvalue weighted by Crippen LogP contribution is 2.38. The number of fused-ring (bicyclic) bond motifs is 1. The third-order valence-corrected chi connectivity index (χ3v) is 7.07. The van der Waals surface area contributed by atoms with E-state index in [1.165, 1.54) is 44.8 Å². The molecule has 0 N–H and O–H groups in total. The largest absolute Gasteiger partial charge is 0.372 e. The van der Waals surface area contributed by atoms with Crippen molar-refractivity contribution in [2.75, 3.05) is 42.5 Å². The fraction of sp³-hybridized carbons (Fsp3) is 0.303. The van der Waals surface area contributed by atoms with Crippen LogP contribution in [0.15, 0.2) is 89.9 Å². The number of anilines is 2. The number of allylic oxidation sites excluding steroid dienone is 3. The minimum Gasteiger partial charge on any atom is -0.372 e. The van der Waals surface area contributed by atoms with Gasteiger partial charge in [-0.2, -0.15) is 0 Å². The quantitative estimate of drug-likeness (QED) is 0.314. The number of hydrogen-bond donors (Lipinski definition) is 0. The number of rotatable bonds is 9. The second-order valence-corrected chi connectivity index (χ2v) is 8.97. The van der Waals surface area contributed by atoms with Crippen LogP contribution in [0.2, 0.25) is 0 Å². The van der Waals surface area contributed by atoms with Gasteiger partial charge in [0.25, 0.3) is 0 Å². The number of nitrogens with zero attached hydrogens (tertiary/aromatic N) is 3. The third kappa shape index (κ3) is 5.16. The molecule has 0 unspecified atom stereocenters. The first kappa shape index (κ1) is 25.5. The van der Waals surface area contributed by atoms with Gasteiger partial charge in [0.2, 0.25) is 0 Å². The van der Waals surface area contributed by atoms with E-state index in [1.807, 2.05) is 0 Å². The van der Waals surface area contributed by atoms with Crippen LogP contribution >= 0.6 is 0 Å². The molecule has 3 aromatic carbocycles. The van der Waals surface area contributed by atoms with Gasteiger partial charge in [-0.05, 0) is 92.8 Å². The lowest BCUT2D eigenvalue weighted by molar-refractivity contribution is 0.866. The Hall–Kier alpha value is -3.59. The van der Waals surface area contributed by atoms with Crippen molar-refractivity contribution in [3.63, 3.8) is 0 Å². The topological polar surface area (TPSA) is 18.8 Å². The van der Waals surface area contributed by atoms with Crippen molar-refractivity contribution in [1.29, 1.82) is 0 Å². The van der Waals surface area contributed by atoms with Gasteiger partial charge in [-0.15, -0.1) is 0 Å². The number of aliphatic imine (C=N–C) groups is 1. The van der Waals surface area contributed by atoms with Gasteiger partial charge in [-0.3, -0.25) is 4.99 Å². The first-order valence-electron chi connectivity index (χ1n) is 13.4. The Balaban J connectivity index is 1.91. The highest BCUT2D eigenvalue weighted by molar-refractivity contribution is 6.19. The SMILES string of the molecule is CC/N=C1/C=CC(=C(c2ccc(N(CC)CC)cc2)c2ccc(N(CC)CC)cc2)c2ccccc21. The number of benzene rings is 3. The highest BCUT2D eigenvalue weighted by Gasteiger charge is 2.20. The van der Waals surface area contributed by atoms with Gasteiger partial charge in [0.05, 0.1) is 5.71 Å². The predicted octanol–water partition coefficient (Wildman–Crippen LogP) is 7.72. The smallest absolute Gasteiger partial charge is 0.0652 e. The molecule has 0 heterocycles. The lowest BCUT2D eigenvalue weighted by atomic mass is 9.83. The third-order valence-electron chi connectivity index (χ3n) is 7.07. The van der Waals surface area contributed by atoms with Crippen molar-refractivity contribution < 1.29 is 0 Å². The normalized spacial score (nSPS) is 13.6. The minimum atomic E-state index is 0.777. The van der Waals surface area contributed by atoms with Crippen LogP contribution in [-0.2, 0) is 0 Å². The lowest BCUT2D eigenvalue weighted by Crippen LogP contribution is -2.21. The lowest BCUT2D eigenvalue weighted by Gasteiger charge is -2.24. The van der Waals surface area contributed by atoms with E-state index < -0.39 is 0 Å². The molecule has 1 aliphatic rings. The van der Waals surface area contributed by atoms with Crippen LogP contribution in [0.5, 0.6) is 0 Å². The summed E-state index contributed by atoms with van der Waals surface area (Å²) in [6.45, 7) is 15.7. The Morgan fingerprint density at radius 2 is 1.06 bits per heavy atom. The molecule has 1 aliphatic carbocycles. The summed E-state index contributed by atoms with van der Waals surface area (Å²) in [6, 6.07) is 26.8. The van der Waals surface area contributed by atoms with Crippen LogP contribution in [0.3, 0.4) is 0 Å². The molecule has 0 bridgehead atoms. The fourth-order valence-corrected chi connectivity index (χ4v) is 5.14. The van der Waals surface area contributed by atoms with Gasteiger partial charge in [0.1, 0.15) is 0 Å². The van der Waals surface area contributed by atoms with Crippen molar-refractivity contribution in [2.45, 2.75) is 34.6 Å². The molecule has 4 rings (SSSR count). The Morgan fingerprint density at radius 3 is 1.50 bits per heavy atom. The maximum absolute atomic E-state index is 4.76.